The fraction of sp³-hybridized carbons (Fsp3) is 0.278. The molecule has 0 radical (unpaired) electrons. The SMILES string of the molecule is CC1C(OC(=O)C(=O)OC2CN(C(c3ccccc3)c3ccccc3)C2C)CN1C(c1ccccc1)c1ccccc1. The number of nitrogens with zero attached hydrogens (tertiary/aromatic N) is 2. The van der Waals surface area contributed by atoms with E-state index < -0.39 is 11.9 Å². The van der Waals surface area contributed by atoms with Crippen molar-refractivity contribution in [2.75, 3.05) is 13.1 Å². The zero-order chi connectivity index (χ0) is 29.1. The second-order valence-electron chi connectivity index (χ2n) is 11.2. The van der Waals surface area contributed by atoms with Gasteiger partial charge in [0.25, 0.3) is 0 Å². The molecule has 2 fully saturated rings. The molecule has 0 amide bonds. The van der Waals surface area contributed by atoms with Crippen LogP contribution in [-0.2, 0) is 19.1 Å². The smallest absolute Gasteiger partial charge is 0.417 e. The Kier molecular flexibility index (Phi) is 8.17. The van der Waals surface area contributed by atoms with Gasteiger partial charge in [0.05, 0.1) is 12.1 Å². The van der Waals surface area contributed by atoms with Gasteiger partial charge in [0, 0.05) is 25.2 Å². The normalized spacial score (nSPS) is 22.3. The van der Waals surface area contributed by atoms with Gasteiger partial charge in [0.1, 0.15) is 12.2 Å². The molecule has 4 aromatic rings. The molecular formula is C36H36N2O4. The molecule has 4 unspecified atom stereocenters. The fourth-order valence-electron chi connectivity index (χ4n) is 6.22. The van der Waals surface area contributed by atoms with Crippen LogP contribution in [0, 0.1) is 0 Å². The van der Waals surface area contributed by atoms with Gasteiger partial charge in [-0.2, -0.15) is 0 Å². The number of ether oxygens (including phenoxy) is 2. The van der Waals surface area contributed by atoms with Crippen molar-refractivity contribution in [1.29, 1.82) is 0 Å². The van der Waals surface area contributed by atoms with Gasteiger partial charge < -0.3 is 9.47 Å². The molecule has 6 nitrogen and oxygen atoms in total. The third-order valence-corrected chi connectivity index (χ3v) is 8.71. The monoisotopic (exact) mass is 560 g/mol. The highest BCUT2D eigenvalue weighted by Crippen LogP contribution is 2.38. The lowest BCUT2D eigenvalue weighted by atomic mass is 9.89. The lowest BCUT2D eigenvalue weighted by molar-refractivity contribution is -0.191. The number of carbonyl (C=O) groups is 2. The molecule has 2 aliphatic heterocycles. The molecule has 0 N–H and O–H groups in total. The average molecular weight is 561 g/mol. The first-order chi connectivity index (χ1) is 20.5. The van der Waals surface area contributed by atoms with Crippen molar-refractivity contribution in [2.24, 2.45) is 0 Å². The molecular weight excluding hydrogens is 524 g/mol. The Hall–Kier alpha value is -4.26. The van der Waals surface area contributed by atoms with E-state index in [9.17, 15) is 9.59 Å². The summed E-state index contributed by atoms with van der Waals surface area (Å²) < 4.78 is 11.3. The van der Waals surface area contributed by atoms with Crippen molar-refractivity contribution >= 4 is 11.9 Å². The number of esters is 2. The van der Waals surface area contributed by atoms with Crippen molar-refractivity contribution in [3.05, 3.63) is 144 Å². The number of hydrogen-bond donors (Lipinski definition) is 0. The second-order valence-corrected chi connectivity index (χ2v) is 11.2. The Morgan fingerprint density at radius 3 is 1.02 bits per heavy atom. The second kappa shape index (κ2) is 12.3. The van der Waals surface area contributed by atoms with E-state index in [1.54, 1.807) is 0 Å². The van der Waals surface area contributed by atoms with E-state index in [1.165, 1.54) is 22.3 Å². The Morgan fingerprint density at radius 2 is 0.786 bits per heavy atom. The minimum atomic E-state index is -0.921. The molecule has 0 spiro atoms. The van der Waals surface area contributed by atoms with Gasteiger partial charge in [-0.05, 0) is 36.1 Å². The van der Waals surface area contributed by atoms with Crippen LogP contribution in [0.15, 0.2) is 121 Å². The summed E-state index contributed by atoms with van der Waals surface area (Å²) in [6, 6.07) is 41.2. The van der Waals surface area contributed by atoms with E-state index in [-0.39, 0.29) is 36.4 Å². The van der Waals surface area contributed by atoms with Crippen molar-refractivity contribution in [1.82, 2.24) is 9.80 Å². The molecule has 214 valence electrons. The van der Waals surface area contributed by atoms with Crippen molar-refractivity contribution in [3.8, 4) is 0 Å². The molecule has 4 atom stereocenters. The molecule has 2 aliphatic rings. The van der Waals surface area contributed by atoms with E-state index >= 15 is 0 Å². The summed E-state index contributed by atoms with van der Waals surface area (Å²) >= 11 is 0. The summed E-state index contributed by atoms with van der Waals surface area (Å²) in [7, 11) is 0. The van der Waals surface area contributed by atoms with Gasteiger partial charge in [-0.15, -0.1) is 0 Å². The molecule has 0 bridgehead atoms. The maximum atomic E-state index is 12.8. The van der Waals surface area contributed by atoms with E-state index in [1.807, 2.05) is 86.6 Å². The van der Waals surface area contributed by atoms with Gasteiger partial charge in [0.2, 0.25) is 0 Å². The van der Waals surface area contributed by atoms with Crippen molar-refractivity contribution in [2.45, 2.75) is 50.2 Å². The molecule has 6 rings (SSSR count). The van der Waals surface area contributed by atoms with Crippen LogP contribution in [0.5, 0.6) is 0 Å². The summed E-state index contributed by atoms with van der Waals surface area (Å²) in [5.74, 6) is -1.84. The highest BCUT2D eigenvalue weighted by Gasteiger charge is 2.46. The quantitative estimate of drug-likeness (QED) is 0.201. The summed E-state index contributed by atoms with van der Waals surface area (Å²) in [5.41, 5.74) is 4.69. The van der Waals surface area contributed by atoms with Gasteiger partial charge in [0.15, 0.2) is 0 Å². The summed E-state index contributed by atoms with van der Waals surface area (Å²) in [6.45, 7) is 5.14. The first-order valence-corrected chi connectivity index (χ1v) is 14.6. The zero-order valence-corrected chi connectivity index (χ0v) is 24.0. The topological polar surface area (TPSA) is 59.1 Å². The van der Waals surface area contributed by atoms with E-state index in [0.717, 1.165) is 0 Å². The first-order valence-electron chi connectivity index (χ1n) is 14.6. The minimum Gasteiger partial charge on any atom is -0.451 e. The van der Waals surface area contributed by atoms with Crippen LogP contribution in [0.1, 0.15) is 48.2 Å². The molecule has 0 aromatic heterocycles. The van der Waals surface area contributed by atoms with Crippen LogP contribution in [0.3, 0.4) is 0 Å². The molecule has 6 heteroatoms. The van der Waals surface area contributed by atoms with Crippen LogP contribution >= 0.6 is 0 Å². The minimum absolute atomic E-state index is 0.0355. The number of rotatable bonds is 8. The van der Waals surface area contributed by atoms with Crippen LogP contribution < -0.4 is 0 Å². The highest BCUT2D eigenvalue weighted by atomic mass is 16.6. The maximum absolute atomic E-state index is 12.8. The number of hydrogen-bond acceptors (Lipinski definition) is 6. The molecule has 42 heavy (non-hydrogen) atoms. The van der Waals surface area contributed by atoms with Gasteiger partial charge >= 0.3 is 11.9 Å². The average Bonchev–Trinajstić information content (AvgIpc) is 3.05. The molecule has 0 aliphatic carbocycles. The predicted octanol–water partition coefficient (Wildman–Crippen LogP) is 5.80. The van der Waals surface area contributed by atoms with E-state index in [4.69, 9.17) is 9.47 Å². The highest BCUT2D eigenvalue weighted by molar-refractivity contribution is 6.29. The van der Waals surface area contributed by atoms with Gasteiger partial charge in [-0.25, -0.2) is 9.59 Å². The van der Waals surface area contributed by atoms with Crippen LogP contribution in [0.25, 0.3) is 0 Å². The lowest BCUT2D eigenvalue weighted by Crippen LogP contribution is -2.62. The summed E-state index contributed by atoms with van der Waals surface area (Å²) in [4.78, 5) is 30.2. The molecule has 2 saturated heterocycles. The Morgan fingerprint density at radius 1 is 0.524 bits per heavy atom. The Labute approximate surface area is 247 Å². The predicted molar refractivity (Wildman–Crippen MR) is 162 cm³/mol. The fourth-order valence-corrected chi connectivity index (χ4v) is 6.22. The van der Waals surface area contributed by atoms with Gasteiger partial charge in [-0.1, -0.05) is 121 Å². The Balaban J connectivity index is 1.06. The molecule has 2 heterocycles. The number of carbonyl (C=O) groups excluding carboxylic acids is 2. The van der Waals surface area contributed by atoms with E-state index in [2.05, 4.69) is 58.3 Å². The first kappa shape index (κ1) is 27.9. The molecule has 4 aromatic carbocycles. The summed E-state index contributed by atoms with van der Waals surface area (Å²) in [6.07, 6.45) is -0.758. The van der Waals surface area contributed by atoms with E-state index in [0.29, 0.717) is 13.1 Å². The number of likely N-dealkylation sites (tertiary alicyclic amines) is 2. The third-order valence-electron chi connectivity index (χ3n) is 8.71. The van der Waals surface area contributed by atoms with Crippen LogP contribution in [0.2, 0.25) is 0 Å². The van der Waals surface area contributed by atoms with Crippen LogP contribution in [-0.4, -0.2) is 59.1 Å². The molecule has 0 saturated carbocycles. The van der Waals surface area contributed by atoms with Crippen molar-refractivity contribution in [3.63, 3.8) is 0 Å². The standard InChI is InChI=1S/C36H36N2O4/c1-25-31(23-37(25)33(27-15-7-3-8-16-27)28-17-9-4-10-18-28)41-35(39)36(40)42-32-24-38(26(32)2)34(29-19-11-5-12-20-29)30-21-13-6-14-22-30/h3-22,25-26,31-34H,23-24H2,1-2H3. The van der Waals surface area contributed by atoms with Crippen molar-refractivity contribution < 1.29 is 19.1 Å². The van der Waals surface area contributed by atoms with Crippen LogP contribution in [0.4, 0.5) is 0 Å². The van der Waals surface area contributed by atoms with Gasteiger partial charge in [-0.3, -0.25) is 9.80 Å². The largest absolute Gasteiger partial charge is 0.451 e. The number of benzene rings is 4. The lowest BCUT2D eigenvalue weighted by Gasteiger charge is -2.50. The third kappa shape index (κ3) is 5.60. The summed E-state index contributed by atoms with van der Waals surface area (Å²) in [5, 5.41) is 0. The zero-order valence-electron chi connectivity index (χ0n) is 24.0. The Bertz CT molecular complexity index is 1290. The maximum Gasteiger partial charge on any atom is 0.417 e.